The average molecular weight is 436 g/mol. The van der Waals surface area contributed by atoms with Crippen molar-refractivity contribution in [2.45, 2.75) is 12.7 Å². The summed E-state index contributed by atoms with van der Waals surface area (Å²) in [5, 5.41) is 8.91. The molecule has 0 aliphatic heterocycles. The highest BCUT2D eigenvalue weighted by atomic mass is 32.2. The number of carbonyl (C=O) groups is 1. The quantitative estimate of drug-likeness (QED) is 0.567. The van der Waals surface area contributed by atoms with Crippen LogP contribution in [-0.4, -0.2) is 37.9 Å². The Morgan fingerprint density at radius 1 is 1.13 bits per heavy atom. The van der Waals surface area contributed by atoms with Crippen molar-refractivity contribution in [2.75, 3.05) is 18.5 Å². The van der Waals surface area contributed by atoms with Crippen LogP contribution in [0.1, 0.15) is 21.5 Å². The minimum atomic E-state index is -3.90. The van der Waals surface area contributed by atoms with Crippen LogP contribution >= 0.6 is 0 Å². The molecular formula is C22H21N5O3S. The number of aryl methyl sites for hydroxylation is 1. The number of aromatic nitrogens is 2. The van der Waals surface area contributed by atoms with Crippen molar-refractivity contribution in [3.05, 3.63) is 77.9 Å². The number of benzene rings is 1. The van der Waals surface area contributed by atoms with Crippen molar-refractivity contribution >= 4 is 21.6 Å². The smallest absolute Gasteiger partial charge is 0.264 e. The number of hydrogen-bond donors (Lipinski definition) is 1. The Morgan fingerprint density at radius 3 is 2.58 bits per heavy atom. The second kappa shape index (κ2) is 9.36. The number of nitriles is 1. The lowest BCUT2D eigenvalue weighted by atomic mass is 9.99. The van der Waals surface area contributed by atoms with Gasteiger partial charge in [-0.2, -0.15) is 5.26 Å². The minimum Gasteiger partial charge on any atom is -0.360 e. The predicted molar refractivity (Wildman–Crippen MR) is 118 cm³/mol. The molecule has 0 saturated heterocycles. The van der Waals surface area contributed by atoms with Crippen molar-refractivity contribution in [1.29, 1.82) is 5.26 Å². The molecule has 0 aliphatic rings. The number of carbonyl (C=O) groups excluding carboxylic acids is 1. The van der Waals surface area contributed by atoms with Crippen molar-refractivity contribution in [1.82, 2.24) is 14.7 Å². The predicted octanol–water partition coefficient (Wildman–Crippen LogP) is 2.67. The number of nitrogens with zero attached hydrogens (tertiary/aromatic N) is 4. The number of amides is 1. The number of sulfonamides is 1. The first-order chi connectivity index (χ1) is 14.8. The minimum absolute atomic E-state index is 0.215. The van der Waals surface area contributed by atoms with Gasteiger partial charge in [0.25, 0.3) is 5.91 Å². The second-order valence-corrected chi connectivity index (χ2v) is 8.74. The Kier molecular flexibility index (Phi) is 6.62. The molecule has 0 atom stereocenters. The van der Waals surface area contributed by atoms with Gasteiger partial charge in [-0.15, -0.1) is 0 Å². The zero-order valence-corrected chi connectivity index (χ0v) is 17.9. The molecule has 0 bridgehead atoms. The first-order valence-corrected chi connectivity index (χ1v) is 11.0. The van der Waals surface area contributed by atoms with E-state index in [0.717, 1.165) is 22.4 Å². The highest BCUT2D eigenvalue weighted by Crippen LogP contribution is 2.27. The summed E-state index contributed by atoms with van der Waals surface area (Å²) in [7, 11) is -2.11. The number of rotatable bonds is 7. The van der Waals surface area contributed by atoms with Crippen LogP contribution in [-0.2, 0) is 15.8 Å². The summed E-state index contributed by atoms with van der Waals surface area (Å²) in [6, 6.07) is 12.2. The van der Waals surface area contributed by atoms with E-state index in [9.17, 15) is 13.2 Å². The lowest BCUT2D eigenvalue weighted by molar-refractivity contribution is 0.0981. The largest absolute Gasteiger partial charge is 0.360 e. The normalized spacial score (nSPS) is 10.9. The first kappa shape index (κ1) is 21.9. The summed E-state index contributed by atoms with van der Waals surface area (Å²) < 4.78 is 27.2. The second-order valence-electron chi connectivity index (χ2n) is 7.02. The summed E-state index contributed by atoms with van der Waals surface area (Å²) in [6.45, 7) is 2.14. The van der Waals surface area contributed by atoms with E-state index >= 15 is 0 Å². The SMILES string of the molecule is Cc1ccc(CS(=O)(=O)NC(=O)c2ccncc2)cc1-c1cncc(N(C)CC#N)c1. The van der Waals surface area contributed by atoms with Crippen LogP contribution in [0.5, 0.6) is 0 Å². The Hall–Kier alpha value is -3.77. The van der Waals surface area contributed by atoms with Crippen LogP contribution in [0.3, 0.4) is 0 Å². The highest BCUT2D eigenvalue weighted by molar-refractivity contribution is 7.89. The summed E-state index contributed by atoms with van der Waals surface area (Å²) in [6.07, 6.45) is 6.20. The fourth-order valence-corrected chi connectivity index (χ4v) is 4.10. The monoisotopic (exact) mass is 435 g/mol. The van der Waals surface area contributed by atoms with E-state index in [1.165, 1.54) is 24.5 Å². The fraction of sp³-hybridized carbons (Fsp3) is 0.182. The average Bonchev–Trinajstić information content (AvgIpc) is 2.75. The molecule has 0 saturated carbocycles. The molecule has 8 nitrogen and oxygen atoms in total. The van der Waals surface area contributed by atoms with Gasteiger partial charge in [-0.25, -0.2) is 13.1 Å². The van der Waals surface area contributed by atoms with Gasteiger partial charge < -0.3 is 4.90 Å². The first-order valence-electron chi connectivity index (χ1n) is 9.37. The van der Waals surface area contributed by atoms with Crippen molar-refractivity contribution < 1.29 is 13.2 Å². The van der Waals surface area contributed by atoms with Gasteiger partial charge >= 0.3 is 0 Å². The van der Waals surface area contributed by atoms with Gasteiger partial charge in [0, 0.05) is 36.8 Å². The molecule has 1 aromatic carbocycles. The van der Waals surface area contributed by atoms with E-state index in [-0.39, 0.29) is 17.9 Å². The van der Waals surface area contributed by atoms with Gasteiger partial charge in [0.1, 0.15) is 6.54 Å². The Labute approximate surface area is 181 Å². The van der Waals surface area contributed by atoms with Gasteiger partial charge in [0.05, 0.1) is 23.7 Å². The number of anilines is 1. The van der Waals surface area contributed by atoms with Crippen molar-refractivity contribution in [3.8, 4) is 17.2 Å². The molecule has 0 unspecified atom stereocenters. The third-order valence-electron chi connectivity index (χ3n) is 4.63. The van der Waals surface area contributed by atoms with E-state index in [4.69, 9.17) is 5.26 Å². The topological polar surface area (TPSA) is 116 Å². The van der Waals surface area contributed by atoms with Crippen LogP contribution in [0.15, 0.2) is 61.2 Å². The standard InChI is InChI=1S/C22H21N5O3S/c1-16-3-4-17(15-31(29,30)26-22(28)18-5-8-24-9-6-18)11-21(16)19-12-20(14-25-13-19)27(2)10-7-23/h3-6,8-9,11-14H,10,15H2,1-2H3,(H,26,28). The molecule has 9 heteroatoms. The summed E-state index contributed by atoms with van der Waals surface area (Å²) in [5.74, 6) is -1.05. The molecule has 1 N–H and O–H groups in total. The van der Waals surface area contributed by atoms with E-state index < -0.39 is 15.9 Å². The maximum absolute atomic E-state index is 12.5. The lowest BCUT2D eigenvalue weighted by Crippen LogP contribution is -2.31. The van der Waals surface area contributed by atoms with Gasteiger partial charge in [0.2, 0.25) is 10.0 Å². The zero-order valence-electron chi connectivity index (χ0n) is 17.1. The van der Waals surface area contributed by atoms with E-state index in [1.54, 1.807) is 36.5 Å². The van der Waals surface area contributed by atoms with Crippen LogP contribution < -0.4 is 9.62 Å². The number of pyridine rings is 2. The van der Waals surface area contributed by atoms with Crippen LogP contribution in [0, 0.1) is 18.3 Å². The van der Waals surface area contributed by atoms with Gasteiger partial charge in [0.15, 0.2) is 0 Å². The maximum atomic E-state index is 12.5. The van der Waals surface area contributed by atoms with Crippen molar-refractivity contribution in [2.24, 2.45) is 0 Å². The Bertz CT molecular complexity index is 1240. The number of nitrogens with one attached hydrogen (secondary N) is 1. The molecule has 2 aromatic heterocycles. The summed E-state index contributed by atoms with van der Waals surface area (Å²) >= 11 is 0. The Morgan fingerprint density at radius 2 is 1.87 bits per heavy atom. The Balaban J connectivity index is 1.84. The van der Waals surface area contributed by atoms with Crippen LogP contribution in [0.4, 0.5) is 5.69 Å². The zero-order chi connectivity index (χ0) is 22.4. The van der Waals surface area contributed by atoms with E-state index in [0.29, 0.717) is 5.56 Å². The third kappa shape index (κ3) is 5.65. The van der Waals surface area contributed by atoms with Gasteiger partial charge in [-0.1, -0.05) is 12.1 Å². The molecule has 158 valence electrons. The molecule has 1 amide bonds. The molecule has 3 aromatic rings. The fourth-order valence-electron chi connectivity index (χ4n) is 3.01. The molecule has 2 heterocycles. The molecule has 0 radical (unpaired) electrons. The molecule has 0 fully saturated rings. The molecule has 31 heavy (non-hydrogen) atoms. The van der Waals surface area contributed by atoms with Crippen LogP contribution in [0.25, 0.3) is 11.1 Å². The van der Waals surface area contributed by atoms with Gasteiger partial charge in [-0.05, 0) is 47.9 Å². The molecule has 0 aliphatic carbocycles. The number of hydrogen-bond acceptors (Lipinski definition) is 7. The summed E-state index contributed by atoms with van der Waals surface area (Å²) in [5.41, 5.74) is 4.11. The lowest BCUT2D eigenvalue weighted by Gasteiger charge is -2.16. The van der Waals surface area contributed by atoms with Gasteiger partial charge in [-0.3, -0.25) is 14.8 Å². The molecular weight excluding hydrogens is 414 g/mol. The summed E-state index contributed by atoms with van der Waals surface area (Å²) in [4.78, 5) is 22.0. The third-order valence-corrected chi connectivity index (χ3v) is 5.84. The highest BCUT2D eigenvalue weighted by Gasteiger charge is 2.18. The molecule has 0 spiro atoms. The van der Waals surface area contributed by atoms with E-state index in [2.05, 4.69) is 20.8 Å². The molecule has 3 rings (SSSR count). The van der Waals surface area contributed by atoms with Crippen LogP contribution in [0.2, 0.25) is 0 Å². The maximum Gasteiger partial charge on any atom is 0.264 e. The van der Waals surface area contributed by atoms with Crippen molar-refractivity contribution in [3.63, 3.8) is 0 Å². The van der Waals surface area contributed by atoms with E-state index in [1.807, 2.05) is 19.1 Å².